The highest BCUT2D eigenvalue weighted by Crippen LogP contribution is 2.50. The fourth-order valence-corrected chi connectivity index (χ4v) is 10.0. The number of halogens is 2. The number of likely N-dealkylation sites (tertiary alicyclic amines) is 2. The first-order valence-electron chi connectivity index (χ1n) is 17.8. The summed E-state index contributed by atoms with van der Waals surface area (Å²) in [6, 6.07) is 2.61. The number of fused-ring (bicyclic) bond motifs is 6. The summed E-state index contributed by atoms with van der Waals surface area (Å²) < 4.78 is 50.6. The van der Waals surface area contributed by atoms with Crippen LogP contribution in [-0.2, 0) is 22.7 Å². The van der Waals surface area contributed by atoms with E-state index in [0.29, 0.717) is 35.4 Å². The molecule has 3 aromatic heterocycles. The highest BCUT2D eigenvalue weighted by Gasteiger charge is 2.49. The second-order valence-electron chi connectivity index (χ2n) is 15.9. The largest absolute Gasteiger partial charge is 0.463 e. The topological polar surface area (TPSA) is 126 Å². The normalized spacial score (nSPS) is 23.5. The van der Waals surface area contributed by atoms with E-state index in [4.69, 9.17) is 29.9 Å². The molecule has 11 nitrogen and oxygen atoms in total. The van der Waals surface area contributed by atoms with Crippen LogP contribution in [0.3, 0.4) is 0 Å². The van der Waals surface area contributed by atoms with Crippen LogP contribution >= 0.6 is 11.3 Å². The van der Waals surface area contributed by atoms with Crippen LogP contribution in [0.5, 0.6) is 6.01 Å². The van der Waals surface area contributed by atoms with Crippen LogP contribution in [0.2, 0.25) is 0 Å². The van der Waals surface area contributed by atoms with Crippen molar-refractivity contribution in [2.75, 3.05) is 70.2 Å². The first-order chi connectivity index (χ1) is 24.6. The number of nitrogens with two attached hydrogens (primary N) is 1. The Balaban J connectivity index is 1.18. The van der Waals surface area contributed by atoms with E-state index in [1.165, 1.54) is 0 Å². The maximum Gasteiger partial charge on any atom is 0.319 e. The Morgan fingerprint density at radius 3 is 2.51 bits per heavy atom. The van der Waals surface area contributed by atoms with Gasteiger partial charge in [0.15, 0.2) is 11.6 Å². The molecule has 1 aliphatic carbocycles. The molecule has 0 amide bonds. The lowest BCUT2D eigenvalue weighted by atomic mass is 9.83. The van der Waals surface area contributed by atoms with Crippen molar-refractivity contribution in [2.45, 2.75) is 64.8 Å². The van der Waals surface area contributed by atoms with Crippen molar-refractivity contribution in [1.29, 1.82) is 5.26 Å². The van der Waals surface area contributed by atoms with Crippen LogP contribution in [0.1, 0.15) is 56.2 Å². The van der Waals surface area contributed by atoms with Gasteiger partial charge in [0, 0.05) is 74.8 Å². The molecule has 4 aromatic rings. The minimum absolute atomic E-state index is 0.0344. The number of rotatable bonds is 10. The molecule has 9 rings (SSSR count). The Kier molecular flexibility index (Phi) is 7.90. The number of pyridine rings is 1. The lowest BCUT2D eigenvalue weighted by molar-refractivity contribution is 0.00641. The molecule has 1 saturated carbocycles. The van der Waals surface area contributed by atoms with E-state index in [1.807, 2.05) is 0 Å². The van der Waals surface area contributed by atoms with E-state index in [1.54, 1.807) is 7.11 Å². The second kappa shape index (κ2) is 12.2. The Labute approximate surface area is 299 Å². The monoisotopic (exact) mass is 716 g/mol. The van der Waals surface area contributed by atoms with E-state index in [2.05, 4.69) is 39.6 Å². The van der Waals surface area contributed by atoms with E-state index >= 15 is 8.78 Å². The van der Waals surface area contributed by atoms with Crippen LogP contribution in [0.15, 0.2) is 6.20 Å². The summed E-state index contributed by atoms with van der Waals surface area (Å²) in [6.07, 6.45) is 5.20. The summed E-state index contributed by atoms with van der Waals surface area (Å²) in [5, 5.41) is 11.0. The third kappa shape index (κ3) is 5.51. The molecule has 1 aromatic carbocycles. The molecule has 7 heterocycles. The van der Waals surface area contributed by atoms with Crippen LogP contribution < -0.4 is 15.4 Å². The molecule has 4 fully saturated rings. The Morgan fingerprint density at radius 2 is 1.82 bits per heavy atom. The zero-order valence-electron chi connectivity index (χ0n) is 29.2. The number of anilines is 2. The molecule has 5 aliphatic rings. The highest BCUT2D eigenvalue weighted by molar-refractivity contribution is 7.23. The summed E-state index contributed by atoms with van der Waals surface area (Å²) in [5.74, 6) is -0.561. The predicted molar refractivity (Wildman–Crippen MR) is 191 cm³/mol. The van der Waals surface area contributed by atoms with Crippen LogP contribution in [0.25, 0.3) is 32.2 Å². The number of aromatic nitrogens is 3. The molecule has 51 heavy (non-hydrogen) atoms. The molecular weight excluding hydrogens is 675 g/mol. The third-order valence-corrected chi connectivity index (χ3v) is 12.6. The Morgan fingerprint density at radius 1 is 1.08 bits per heavy atom. The van der Waals surface area contributed by atoms with Crippen molar-refractivity contribution >= 4 is 43.1 Å². The molecular formula is C37H42F2N8O3S. The van der Waals surface area contributed by atoms with Gasteiger partial charge < -0.3 is 29.7 Å². The van der Waals surface area contributed by atoms with Crippen molar-refractivity contribution in [3.8, 4) is 23.3 Å². The van der Waals surface area contributed by atoms with Crippen LogP contribution in [-0.4, -0.2) is 96.4 Å². The average molecular weight is 717 g/mol. The minimum Gasteiger partial charge on any atom is -0.463 e. The third-order valence-electron chi connectivity index (χ3n) is 11.5. The van der Waals surface area contributed by atoms with Crippen molar-refractivity contribution in [1.82, 2.24) is 24.8 Å². The van der Waals surface area contributed by atoms with E-state index < -0.39 is 11.6 Å². The molecule has 2 N–H and O–H groups in total. The minimum atomic E-state index is -0.619. The zero-order chi connectivity index (χ0) is 35.2. The molecule has 268 valence electrons. The van der Waals surface area contributed by atoms with Gasteiger partial charge in [0.1, 0.15) is 22.4 Å². The number of ether oxygens (including phenoxy) is 3. The summed E-state index contributed by atoms with van der Waals surface area (Å²) in [5.41, 5.74) is 8.43. The van der Waals surface area contributed by atoms with Crippen molar-refractivity contribution in [2.24, 2.45) is 10.8 Å². The number of nitrogens with zero attached hydrogens (tertiary/aromatic N) is 7. The number of nitrogen functional groups attached to an aromatic ring is 1. The van der Waals surface area contributed by atoms with Gasteiger partial charge in [-0.15, -0.1) is 11.3 Å². The summed E-state index contributed by atoms with van der Waals surface area (Å²) in [7, 11) is 1.72. The molecule has 2 atom stereocenters. The molecule has 0 radical (unpaired) electrons. The van der Waals surface area contributed by atoms with Gasteiger partial charge in [0.05, 0.1) is 54.0 Å². The first-order valence-corrected chi connectivity index (χ1v) is 18.6. The zero-order valence-corrected chi connectivity index (χ0v) is 30.0. The van der Waals surface area contributed by atoms with Gasteiger partial charge in [-0.1, -0.05) is 13.8 Å². The quantitative estimate of drug-likeness (QED) is 0.225. The first kappa shape index (κ1) is 33.1. The number of piperazine rings is 1. The Hall–Kier alpha value is -3.74. The lowest BCUT2D eigenvalue weighted by Crippen LogP contribution is -2.55. The summed E-state index contributed by atoms with van der Waals surface area (Å²) in [4.78, 5) is 21.6. The molecule has 2 bridgehead atoms. The smallest absolute Gasteiger partial charge is 0.319 e. The van der Waals surface area contributed by atoms with Gasteiger partial charge in [-0.2, -0.15) is 15.2 Å². The van der Waals surface area contributed by atoms with Crippen molar-refractivity contribution in [3.05, 3.63) is 34.5 Å². The number of thiophene rings is 1. The molecule has 14 heteroatoms. The average Bonchev–Trinajstić information content (AvgIpc) is 3.38. The van der Waals surface area contributed by atoms with Gasteiger partial charge in [0.25, 0.3) is 0 Å². The number of hydrogen-bond acceptors (Lipinski definition) is 12. The van der Waals surface area contributed by atoms with E-state index in [0.717, 1.165) is 88.0 Å². The molecule has 3 saturated heterocycles. The number of methoxy groups -OCH3 is 1. The standard InChI is InChI=1S/C37H42F2N8O3S/c1-36(2)16-46(17-36)18-37(6-7-37)19-50-35-43-31-28(34(44-35)47-20-4-5-21(47)13-45(12-20)8-9-48-3)24-15-49-14-23(24)26(29(31)39)30-27-22(10-40)33(41)51-32(27)25(38)11-42-30/h11,20-21H,4-9,12-19,41H2,1-3H3. The lowest BCUT2D eigenvalue weighted by Gasteiger charge is -2.47. The van der Waals surface area contributed by atoms with Gasteiger partial charge in [-0.3, -0.25) is 9.88 Å². The van der Waals surface area contributed by atoms with Crippen LogP contribution in [0.4, 0.5) is 19.6 Å². The maximum absolute atomic E-state index is 17.5. The van der Waals surface area contributed by atoms with Gasteiger partial charge in [-0.25, -0.2) is 8.78 Å². The highest BCUT2D eigenvalue weighted by atomic mass is 32.1. The summed E-state index contributed by atoms with van der Waals surface area (Å²) in [6.45, 7) is 11.7. The van der Waals surface area contributed by atoms with Crippen LogP contribution in [0, 0.1) is 33.8 Å². The van der Waals surface area contributed by atoms with Gasteiger partial charge >= 0.3 is 6.01 Å². The molecule has 0 spiro atoms. The SMILES string of the molecule is COCCN1CC2CCC(C1)N2c1nc(OCC2(CN3CC(C)(C)C3)CC2)nc2c(F)c(-c3ncc(F)c4sc(N)c(C#N)c34)c3c(c12)COC3. The van der Waals surface area contributed by atoms with Gasteiger partial charge in [0.2, 0.25) is 0 Å². The van der Waals surface area contributed by atoms with Gasteiger partial charge in [-0.05, 0) is 42.2 Å². The fraction of sp³-hybridized carbons (Fsp3) is 0.568. The predicted octanol–water partition coefficient (Wildman–Crippen LogP) is 5.47. The number of hydrogen-bond donors (Lipinski definition) is 1. The Bertz CT molecular complexity index is 2090. The van der Waals surface area contributed by atoms with Crippen molar-refractivity contribution in [3.63, 3.8) is 0 Å². The van der Waals surface area contributed by atoms with Crippen molar-refractivity contribution < 1.29 is 23.0 Å². The van der Waals surface area contributed by atoms with E-state index in [-0.39, 0.29) is 74.1 Å². The summed E-state index contributed by atoms with van der Waals surface area (Å²) >= 11 is 0.961. The fourth-order valence-electron chi connectivity index (χ4n) is 9.11. The second-order valence-corrected chi connectivity index (χ2v) is 17.0. The van der Waals surface area contributed by atoms with E-state index in [9.17, 15) is 5.26 Å². The maximum atomic E-state index is 17.5. The molecule has 4 aliphatic heterocycles. The number of benzene rings is 1. The number of nitriles is 1. The molecule has 2 unspecified atom stereocenters.